The molecule has 0 heterocycles. The number of rotatable bonds is 7. The number of ether oxygens (including phenoxy) is 2. The summed E-state index contributed by atoms with van der Waals surface area (Å²) in [6.45, 7) is 8.21. The van der Waals surface area contributed by atoms with Gasteiger partial charge in [-0.25, -0.2) is 4.79 Å². The molecule has 0 N–H and O–H groups in total. The molecule has 0 aromatic heterocycles. The maximum absolute atomic E-state index is 13.7. The lowest BCUT2D eigenvalue weighted by molar-refractivity contribution is -0.160. The van der Waals surface area contributed by atoms with Crippen molar-refractivity contribution in [3.8, 4) is 0 Å². The molecule has 44 heavy (non-hydrogen) atoms. The van der Waals surface area contributed by atoms with Crippen LogP contribution in [-0.4, -0.2) is 39.2 Å². The summed E-state index contributed by atoms with van der Waals surface area (Å²) in [6.07, 6.45) is 7.11. The van der Waals surface area contributed by atoms with Crippen LogP contribution in [0.4, 0.5) is 0 Å². The second-order valence-electron chi connectivity index (χ2n) is 14.5. The van der Waals surface area contributed by atoms with Crippen LogP contribution in [0.3, 0.4) is 0 Å². The van der Waals surface area contributed by atoms with Crippen molar-refractivity contribution in [2.75, 3.05) is 6.61 Å². The van der Waals surface area contributed by atoms with E-state index >= 15 is 0 Å². The Hall–Kier alpha value is -2.71. The van der Waals surface area contributed by atoms with Crippen LogP contribution in [0.5, 0.6) is 0 Å². The normalized spacial score (nSPS) is 36.4. The Labute approximate surface area is 262 Å². The van der Waals surface area contributed by atoms with Crippen molar-refractivity contribution >= 4 is 22.1 Å². The van der Waals surface area contributed by atoms with Gasteiger partial charge in [0.05, 0.1) is 23.2 Å². The Balaban J connectivity index is 1.26. The van der Waals surface area contributed by atoms with Crippen LogP contribution in [0.1, 0.15) is 88.1 Å². The molecule has 238 valence electrons. The van der Waals surface area contributed by atoms with Gasteiger partial charge in [-0.2, -0.15) is 8.42 Å². The van der Waals surface area contributed by atoms with Gasteiger partial charge in [-0.1, -0.05) is 49.7 Å². The quantitative estimate of drug-likeness (QED) is 0.240. The van der Waals surface area contributed by atoms with E-state index in [0.29, 0.717) is 23.3 Å². The number of aryl methyl sites for hydroxylation is 1. The van der Waals surface area contributed by atoms with Gasteiger partial charge in [0, 0.05) is 12.8 Å². The first-order valence-corrected chi connectivity index (χ1v) is 17.7. The average molecular weight is 623 g/mol. The molecule has 0 amide bonds. The zero-order chi connectivity index (χ0) is 31.3. The first-order chi connectivity index (χ1) is 20.9. The summed E-state index contributed by atoms with van der Waals surface area (Å²) in [5.41, 5.74) is 1.27. The van der Waals surface area contributed by atoms with E-state index in [9.17, 15) is 18.0 Å². The van der Waals surface area contributed by atoms with Gasteiger partial charge >= 0.3 is 11.9 Å². The van der Waals surface area contributed by atoms with Crippen LogP contribution in [0, 0.1) is 47.3 Å². The molecule has 4 aliphatic rings. The Kier molecular flexibility index (Phi) is 8.46. The van der Waals surface area contributed by atoms with Gasteiger partial charge in [0.2, 0.25) is 0 Å². The van der Waals surface area contributed by atoms with E-state index in [1.807, 2.05) is 13.0 Å². The Morgan fingerprint density at radius 2 is 1.57 bits per heavy atom. The summed E-state index contributed by atoms with van der Waals surface area (Å²) in [6, 6.07) is 15.7. The van der Waals surface area contributed by atoms with Crippen molar-refractivity contribution in [3.63, 3.8) is 0 Å². The molecule has 0 unspecified atom stereocenters. The summed E-state index contributed by atoms with van der Waals surface area (Å²) in [7, 11) is -4.03. The maximum atomic E-state index is 13.7. The molecule has 9 atom stereocenters. The minimum atomic E-state index is -4.03. The lowest BCUT2D eigenvalue weighted by Crippen LogP contribution is -2.55. The number of hydrogen-bond donors (Lipinski definition) is 0. The van der Waals surface area contributed by atoms with Gasteiger partial charge in [-0.15, -0.1) is 0 Å². The number of benzene rings is 2. The van der Waals surface area contributed by atoms with Gasteiger partial charge in [-0.3, -0.25) is 8.98 Å². The first kappa shape index (κ1) is 31.3. The van der Waals surface area contributed by atoms with Gasteiger partial charge in [0.25, 0.3) is 10.1 Å². The van der Waals surface area contributed by atoms with Gasteiger partial charge in [0.1, 0.15) is 6.10 Å². The highest BCUT2D eigenvalue weighted by Crippen LogP contribution is 2.67. The molecule has 0 spiro atoms. The van der Waals surface area contributed by atoms with Crippen LogP contribution in [0.25, 0.3) is 0 Å². The van der Waals surface area contributed by atoms with Crippen molar-refractivity contribution in [1.29, 1.82) is 0 Å². The standard InChI is InChI=1S/C36H46O7S/c1-23-10-13-29(14-11-23)44(39,40)43-33-26(22-41-34(38)25-8-6-5-7-9-25)20-32-30-15-12-27-21-28(42-24(2)37)16-18-35(27,3)31(30)17-19-36(32,33)4/h5-11,13-14,26-28,30-33H,12,15-22H2,1-4H3/t26-,27-,28-,30+,31-,32-,33-,35-,36-/m0/s1. The highest BCUT2D eigenvalue weighted by atomic mass is 32.2. The lowest BCUT2D eigenvalue weighted by atomic mass is 9.45. The average Bonchev–Trinajstić information content (AvgIpc) is 3.27. The molecule has 8 heteroatoms. The second-order valence-corrected chi connectivity index (χ2v) is 16.0. The van der Waals surface area contributed by atoms with Crippen LogP contribution >= 0.6 is 0 Å². The number of carbonyl (C=O) groups excluding carboxylic acids is 2. The predicted octanol–water partition coefficient (Wildman–Crippen LogP) is 7.13. The van der Waals surface area contributed by atoms with Crippen molar-refractivity contribution in [1.82, 2.24) is 0 Å². The molecule has 0 saturated heterocycles. The molecule has 4 aliphatic carbocycles. The molecule has 4 saturated carbocycles. The summed E-state index contributed by atoms with van der Waals surface area (Å²) < 4.78 is 45.1. The van der Waals surface area contributed by atoms with E-state index in [0.717, 1.165) is 56.9 Å². The summed E-state index contributed by atoms with van der Waals surface area (Å²) >= 11 is 0. The number of hydrogen-bond acceptors (Lipinski definition) is 7. The first-order valence-electron chi connectivity index (χ1n) is 16.3. The molecule has 0 aliphatic heterocycles. The molecular weight excluding hydrogens is 576 g/mol. The summed E-state index contributed by atoms with van der Waals surface area (Å²) in [4.78, 5) is 24.8. The van der Waals surface area contributed by atoms with Crippen LogP contribution in [0.2, 0.25) is 0 Å². The highest BCUT2D eigenvalue weighted by Gasteiger charge is 2.63. The van der Waals surface area contributed by atoms with Crippen LogP contribution < -0.4 is 0 Å². The fourth-order valence-electron chi connectivity index (χ4n) is 9.77. The molecule has 6 rings (SSSR count). The SMILES string of the molecule is CC(=O)O[C@H]1CC[C@@]2(C)[C@@H](CC[C@@H]3[C@@H]2CC[C@@]2(C)[C@H]3C[C@@H](COC(=O)c3ccccc3)[C@@H]2OS(=O)(=O)c2ccc(C)cc2)C1. The van der Waals surface area contributed by atoms with Gasteiger partial charge in [0.15, 0.2) is 0 Å². The monoisotopic (exact) mass is 622 g/mol. The Morgan fingerprint density at radius 1 is 0.864 bits per heavy atom. The molecule has 2 aromatic rings. The third-order valence-electron chi connectivity index (χ3n) is 12.0. The van der Waals surface area contributed by atoms with Crippen LogP contribution in [-0.2, 0) is 28.6 Å². The zero-order valence-corrected chi connectivity index (χ0v) is 27.2. The third-order valence-corrected chi connectivity index (χ3v) is 13.3. The largest absolute Gasteiger partial charge is 0.463 e. The van der Waals surface area contributed by atoms with Gasteiger partial charge in [-0.05, 0) is 117 Å². The van der Waals surface area contributed by atoms with E-state index in [1.165, 1.54) is 6.92 Å². The second kappa shape index (κ2) is 11.9. The van der Waals surface area contributed by atoms with Crippen molar-refractivity contribution in [2.45, 2.75) is 96.2 Å². The summed E-state index contributed by atoms with van der Waals surface area (Å²) in [5.74, 6) is 0.925. The Bertz CT molecular complexity index is 1470. The van der Waals surface area contributed by atoms with E-state index in [-0.39, 0.29) is 46.2 Å². The number of carbonyl (C=O) groups is 2. The van der Waals surface area contributed by atoms with Crippen molar-refractivity contribution < 1.29 is 31.7 Å². The lowest BCUT2D eigenvalue weighted by Gasteiger charge is -2.60. The van der Waals surface area contributed by atoms with E-state index in [4.69, 9.17) is 13.7 Å². The van der Waals surface area contributed by atoms with Crippen LogP contribution in [0.15, 0.2) is 59.5 Å². The smallest absolute Gasteiger partial charge is 0.338 e. The summed E-state index contributed by atoms with van der Waals surface area (Å²) in [5, 5.41) is 0. The number of esters is 2. The van der Waals surface area contributed by atoms with Gasteiger partial charge < -0.3 is 9.47 Å². The molecule has 0 bridgehead atoms. The molecule has 7 nitrogen and oxygen atoms in total. The molecule has 0 radical (unpaired) electrons. The van der Waals surface area contributed by atoms with E-state index in [1.54, 1.807) is 48.5 Å². The highest BCUT2D eigenvalue weighted by molar-refractivity contribution is 7.86. The minimum Gasteiger partial charge on any atom is -0.463 e. The van der Waals surface area contributed by atoms with E-state index in [2.05, 4.69) is 13.8 Å². The third kappa shape index (κ3) is 5.73. The minimum absolute atomic E-state index is 0.0101. The Morgan fingerprint density at radius 3 is 2.27 bits per heavy atom. The number of fused-ring (bicyclic) bond motifs is 5. The van der Waals surface area contributed by atoms with E-state index < -0.39 is 22.2 Å². The fourth-order valence-corrected chi connectivity index (χ4v) is 11.0. The molecular formula is C36H46O7S. The zero-order valence-electron chi connectivity index (χ0n) is 26.4. The topological polar surface area (TPSA) is 96.0 Å². The van der Waals surface area contributed by atoms with Crippen molar-refractivity contribution in [3.05, 3.63) is 65.7 Å². The molecule has 4 fully saturated rings. The van der Waals surface area contributed by atoms with Crippen molar-refractivity contribution in [2.24, 2.45) is 40.4 Å². The molecule has 2 aromatic carbocycles. The maximum Gasteiger partial charge on any atom is 0.338 e. The predicted molar refractivity (Wildman–Crippen MR) is 166 cm³/mol. The fraction of sp³-hybridized carbons (Fsp3) is 0.611.